The Balaban J connectivity index is -0.0000000405. The normalized spacial score (nSPS) is 12.2. The number of aliphatic carboxylic acids is 2. The number of carboxylic acid groups (broad SMARTS) is 2. The van der Waals surface area contributed by atoms with Crippen LogP contribution in [0.15, 0.2) is 0 Å². The van der Waals surface area contributed by atoms with Crippen LogP contribution in [0, 0.1) is 0 Å². The van der Waals surface area contributed by atoms with Crippen molar-refractivity contribution >= 4 is 36.4 Å². The summed E-state index contributed by atoms with van der Waals surface area (Å²) in [5.41, 5.74) is 0. The number of carbonyl (C=O) groups is 2. The molecule has 4 N–H and O–H groups in total. The molecule has 0 aromatic carbocycles. The summed E-state index contributed by atoms with van der Waals surface area (Å²) in [6.45, 7) is 0. The van der Waals surface area contributed by atoms with Crippen molar-refractivity contribution in [2.45, 2.75) is 12.2 Å². The van der Waals surface area contributed by atoms with Crippen molar-refractivity contribution < 1.29 is 136 Å². The number of rotatable bonds is 3. The van der Waals surface area contributed by atoms with Crippen molar-refractivity contribution in [3.8, 4) is 0 Å². The zero-order valence-electron chi connectivity index (χ0n) is 9.47. The summed E-state index contributed by atoms with van der Waals surface area (Å²) in [4.78, 5) is 19.5. The van der Waals surface area contributed by atoms with E-state index in [0.29, 0.717) is 0 Å². The SMILES string of the molecule is O=C(O)C(O)C(O)C(=O)O.[H-].[H-].[K+].[K+].[SbH3]. The zero-order valence-corrected chi connectivity index (χ0v) is 17.7. The summed E-state index contributed by atoms with van der Waals surface area (Å²) < 4.78 is 0. The van der Waals surface area contributed by atoms with Gasteiger partial charge in [0.05, 0.1) is 0 Å². The molecule has 0 aliphatic heterocycles. The Morgan fingerprint density at radius 3 is 1.15 bits per heavy atom. The fourth-order valence-electron chi connectivity index (χ4n) is 0.270. The van der Waals surface area contributed by atoms with Gasteiger partial charge in [-0.15, -0.1) is 0 Å². The maximum atomic E-state index is 9.77. The molecule has 2 atom stereocenters. The molecule has 0 aliphatic rings. The molecule has 0 saturated carbocycles. The average molecular weight is 355 g/mol. The molecule has 0 aromatic heterocycles. The van der Waals surface area contributed by atoms with E-state index in [-0.39, 0.29) is 130 Å². The van der Waals surface area contributed by atoms with Crippen LogP contribution >= 0.6 is 0 Å². The van der Waals surface area contributed by atoms with E-state index in [1.165, 1.54) is 0 Å². The quantitative estimate of drug-likeness (QED) is 0.374. The Kier molecular flexibility index (Phi) is 25.0. The molecule has 0 aliphatic carbocycles. The topological polar surface area (TPSA) is 115 Å². The van der Waals surface area contributed by atoms with E-state index in [1.807, 2.05) is 0 Å². The molecule has 0 spiro atoms. The first kappa shape index (κ1) is 25.0. The number of aliphatic hydroxyl groups excluding tert-OH is 2. The van der Waals surface area contributed by atoms with Crippen molar-refractivity contribution in [2.24, 2.45) is 0 Å². The van der Waals surface area contributed by atoms with Gasteiger partial charge in [0.15, 0.2) is 12.2 Å². The molecule has 9 heteroatoms. The van der Waals surface area contributed by atoms with Gasteiger partial charge in [0.1, 0.15) is 0 Å². The Hall–Kier alpha value is 2.95. The Morgan fingerprint density at radius 1 is 0.923 bits per heavy atom. The first-order chi connectivity index (χ1) is 4.46. The van der Waals surface area contributed by atoms with Gasteiger partial charge in [-0.2, -0.15) is 0 Å². The molecule has 0 rings (SSSR count). The van der Waals surface area contributed by atoms with E-state index in [0.717, 1.165) is 0 Å². The van der Waals surface area contributed by atoms with Crippen LogP contribution in [0.1, 0.15) is 2.85 Å². The van der Waals surface area contributed by atoms with Crippen molar-refractivity contribution in [3.05, 3.63) is 0 Å². The third-order valence-corrected chi connectivity index (χ3v) is 0.805. The van der Waals surface area contributed by atoms with Crippen LogP contribution in [-0.4, -0.2) is 69.0 Å². The van der Waals surface area contributed by atoms with Crippen LogP contribution in [0.3, 0.4) is 0 Å². The predicted molar refractivity (Wildman–Crippen MR) is 39.4 cm³/mol. The van der Waals surface area contributed by atoms with Gasteiger partial charge in [0.2, 0.25) is 0 Å². The van der Waals surface area contributed by atoms with Gasteiger partial charge in [-0.05, 0) is 0 Å². The summed E-state index contributed by atoms with van der Waals surface area (Å²) in [6.07, 6.45) is -4.53. The molecule has 2 unspecified atom stereocenters. The number of hydrogen-bond acceptors (Lipinski definition) is 4. The fraction of sp³-hybridized carbons (Fsp3) is 0.500. The average Bonchev–Trinajstić information content (AvgIpc) is 1.84. The number of aliphatic hydroxyl groups is 2. The first-order valence-corrected chi connectivity index (χ1v) is 2.28. The minimum atomic E-state index is -2.27. The molecule has 0 heterocycles. The molecule has 0 aromatic rings. The van der Waals surface area contributed by atoms with Crippen LogP contribution in [0.2, 0.25) is 0 Å². The molecule has 0 amide bonds. The third-order valence-electron chi connectivity index (χ3n) is 0.805. The second-order valence-electron chi connectivity index (χ2n) is 1.57. The molecular formula is C4H11K2O6Sb. The summed E-state index contributed by atoms with van der Waals surface area (Å²) in [5.74, 6) is -3.54. The molecular weight excluding hydrogens is 344 g/mol. The molecule has 0 saturated heterocycles. The van der Waals surface area contributed by atoms with Crippen LogP contribution in [-0.2, 0) is 9.59 Å². The van der Waals surface area contributed by atoms with Crippen molar-refractivity contribution in [1.82, 2.24) is 0 Å². The van der Waals surface area contributed by atoms with Gasteiger partial charge in [0, 0.05) is 0 Å². The summed E-state index contributed by atoms with van der Waals surface area (Å²) in [6, 6.07) is 0. The van der Waals surface area contributed by atoms with E-state index in [4.69, 9.17) is 20.4 Å². The van der Waals surface area contributed by atoms with E-state index in [9.17, 15) is 9.59 Å². The van der Waals surface area contributed by atoms with E-state index < -0.39 is 24.1 Å². The third kappa shape index (κ3) is 11.2. The number of carboxylic acids is 2. The van der Waals surface area contributed by atoms with Gasteiger partial charge in [-0.3, -0.25) is 0 Å². The van der Waals surface area contributed by atoms with Crippen molar-refractivity contribution in [2.75, 3.05) is 0 Å². The number of hydrogen-bond donors (Lipinski definition) is 4. The minimum absolute atomic E-state index is 0. The van der Waals surface area contributed by atoms with Crippen LogP contribution in [0.25, 0.3) is 0 Å². The standard InChI is InChI=1S/C4H6O6.2K.Sb.5H/c5-1(3(7)8)2(6)4(9)10;;;;;;;;/h1-2,5-6H,(H,7,8)(H,9,10);;;;;;;;/q;2*+1;;;;;2*-1. The van der Waals surface area contributed by atoms with Crippen LogP contribution in [0.5, 0.6) is 0 Å². The molecule has 70 valence electrons. The summed E-state index contributed by atoms with van der Waals surface area (Å²) in [7, 11) is 0. The van der Waals surface area contributed by atoms with Crippen LogP contribution < -0.4 is 103 Å². The Morgan fingerprint density at radius 2 is 1.08 bits per heavy atom. The maximum absolute atomic E-state index is 9.77. The Labute approximate surface area is 180 Å². The van der Waals surface area contributed by atoms with E-state index >= 15 is 0 Å². The fourth-order valence-corrected chi connectivity index (χ4v) is 0.270. The zero-order chi connectivity index (χ0) is 8.31. The predicted octanol–water partition coefficient (Wildman–Crippen LogP) is -9.07. The Bertz CT molecular complexity index is 155. The molecule has 0 fully saturated rings. The summed E-state index contributed by atoms with van der Waals surface area (Å²) in [5, 5.41) is 32.5. The van der Waals surface area contributed by atoms with Gasteiger partial charge >= 0.3 is 139 Å². The van der Waals surface area contributed by atoms with E-state index in [1.54, 1.807) is 0 Å². The summed E-state index contributed by atoms with van der Waals surface area (Å²) >= 11 is 0. The van der Waals surface area contributed by atoms with Crippen molar-refractivity contribution in [3.63, 3.8) is 0 Å². The van der Waals surface area contributed by atoms with Crippen LogP contribution in [0.4, 0.5) is 0 Å². The molecule has 0 radical (unpaired) electrons. The molecule has 0 bridgehead atoms. The first-order valence-electron chi connectivity index (χ1n) is 2.28. The molecule has 13 heavy (non-hydrogen) atoms. The second-order valence-corrected chi connectivity index (χ2v) is 1.57. The monoisotopic (exact) mass is 354 g/mol. The van der Waals surface area contributed by atoms with Gasteiger partial charge in [0.25, 0.3) is 0 Å². The van der Waals surface area contributed by atoms with Gasteiger partial charge < -0.3 is 23.3 Å². The van der Waals surface area contributed by atoms with E-state index in [2.05, 4.69) is 0 Å². The van der Waals surface area contributed by atoms with Gasteiger partial charge in [-0.25, -0.2) is 9.59 Å². The van der Waals surface area contributed by atoms with Crippen molar-refractivity contribution in [1.29, 1.82) is 0 Å². The van der Waals surface area contributed by atoms with Gasteiger partial charge in [-0.1, -0.05) is 0 Å². The molecule has 6 nitrogen and oxygen atoms in total. The second kappa shape index (κ2) is 13.0.